The Labute approximate surface area is 139 Å². The number of H-pyrrole nitrogens is 1. The van der Waals surface area contributed by atoms with Gasteiger partial charge in [0.1, 0.15) is 6.04 Å². The number of aromatic amines is 1. The van der Waals surface area contributed by atoms with Gasteiger partial charge in [0.15, 0.2) is 0 Å². The van der Waals surface area contributed by atoms with Gasteiger partial charge in [-0.25, -0.2) is 0 Å². The molecule has 128 valence electrons. The number of hydrogen-bond acceptors (Lipinski definition) is 3. The van der Waals surface area contributed by atoms with Crippen LogP contribution in [0.2, 0.25) is 0 Å². The number of hydrogen-bond donors (Lipinski definition) is 4. The first-order chi connectivity index (χ1) is 11.5. The molecule has 1 aromatic carbocycles. The second kappa shape index (κ2) is 8.14. The minimum atomic E-state index is -1.00. The van der Waals surface area contributed by atoms with E-state index in [2.05, 4.69) is 15.6 Å². The number of carbonyl (C=O) groups excluding carboxylic acids is 2. The molecule has 0 saturated heterocycles. The smallest absolute Gasteiger partial charge is 0.303 e. The molecule has 0 aliphatic rings. The summed E-state index contributed by atoms with van der Waals surface area (Å²) in [6.45, 7) is 1.71. The van der Waals surface area contributed by atoms with Crippen molar-refractivity contribution in [3.63, 3.8) is 0 Å². The number of benzene rings is 1. The van der Waals surface area contributed by atoms with Gasteiger partial charge in [-0.2, -0.15) is 0 Å². The Morgan fingerprint density at radius 3 is 2.71 bits per heavy atom. The zero-order valence-electron chi connectivity index (χ0n) is 13.5. The first-order valence-corrected chi connectivity index (χ1v) is 7.79. The van der Waals surface area contributed by atoms with Crippen molar-refractivity contribution < 1.29 is 19.5 Å². The predicted octanol–water partition coefficient (Wildman–Crippen LogP) is 1.20. The Morgan fingerprint density at radius 1 is 1.25 bits per heavy atom. The molecule has 2 aromatic rings. The van der Waals surface area contributed by atoms with Crippen molar-refractivity contribution in [1.29, 1.82) is 0 Å². The topological polar surface area (TPSA) is 111 Å². The highest BCUT2D eigenvalue weighted by molar-refractivity contribution is 5.87. The van der Waals surface area contributed by atoms with E-state index in [1.54, 1.807) is 0 Å². The van der Waals surface area contributed by atoms with Gasteiger partial charge in [-0.05, 0) is 24.5 Å². The van der Waals surface area contributed by atoms with Crippen molar-refractivity contribution in [3.05, 3.63) is 36.0 Å². The Hall–Kier alpha value is -2.83. The van der Waals surface area contributed by atoms with Crippen molar-refractivity contribution in [1.82, 2.24) is 15.6 Å². The molecule has 24 heavy (non-hydrogen) atoms. The summed E-state index contributed by atoms with van der Waals surface area (Å²) in [7, 11) is 0. The fraction of sp³-hybridized carbons (Fsp3) is 0.353. The van der Waals surface area contributed by atoms with E-state index in [9.17, 15) is 14.4 Å². The number of aliphatic carboxylic acids is 1. The number of rotatable bonds is 8. The zero-order valence-corrected chi connectivity index (χ0v) is 13.5. The lowest BCUT2D eigenvalue weighted by atomic mass is 10.1. The number of fused-ring (bicyclic) bond motifs is 1. The number of nitrogens with one attached hydrogen (secondary N) is 3. The van der Waals surface area contributed by atoms with Crippen LogP contribution in [0, 0.1) is 0 Å². The average molecular weight is 331 g/mol. The molecule has 0 bridgehead atoms. The van der Waals surface area contributed by atoms with Crippen LogP contribution in [-0.4, -0.2) is 40.5 Å². The van der Waals surface area contributed by atoms with Gasteiger partial charge in [-0.15, -0.1) is 0 Å². The van der Waals surface area contributed by atoms with Gasteiger partial charge < -0.3 is 20.7 Å². The number of aromatic nitrogens is 1. The molecule has 1 aromatic heterocycles. The largest absolute Gasteiger partial charge is 0.481 e. The van der Waals surface area contributed by atoms with E-state index in [0.717, 1.165) is 16.5 Å². The zero-order chi connectivity index (χ0) is 17.5. The van der Waals surface area contributed by atoms with Crippen molar-refractivity contribution in [3.8, 4) is 0 Å². The van der Waals surface area contributed by atoms with Gasteiger partial charge in [0, 0.05) is 37.0 Å². The molecule has 0 unspecified atom stereocenters. The summed E-state index contributed by atoms with van der Waals surface area (Å²) in [6, 6.07) is 7.06. The van der Waals surface area contributed by atoms with Crippen molar-refractivity contribution >= 4 is 28.7 Å². The van der Waals surface area contributed by atoms with Crippen LogP contribution in [0.5, 0.6) is 0 Å². The van der Waals surface area contributed by atoms with Gasteiger partial charge in [-0.1, -0.05) is 18.2 Å². The summed E-state index contributed by atoms with van der Waals surface area (Å²) in [6.07, 6.45) is 2.43. The normalized spacial score (nSPS) is 11.9. The lowest BCUT2D eigenvalue weighted by Crippen LogP contribution is -2.46. The number of para-hydroxylation sites is 1. The highest BCUT2D eigenvalue weighted by Crippen LogP contribution is 2.17. The first-order valence-electron chi connectivity index (χ1n) is 7.79. The van der Waals surface area contributed by atoms with Crippen molar-refractivity contribution in [2.45, 2.75) is 32.2 Å². The molecule has 1 atom stereocenters. The molecule has 7 heteroatoms. The Balaban J connectivity index is 1.89. The predicted molar refractivity (Wildman–Crippen MR) is 89.5 cm³/mol. The molecule has 2 amide bonds. The maximum Gasteiger partial charge on any atom is 0.303 e. The molecule has 7 nitrogen and oxygen atoms in total. The third-order valence-corrected chi connectivity index (χ3v) is 3.71. The molecule has 4 N–H and O–H groups in total. The van der Waals surface area contributed by atoms with E-state index >= 15 is 0 Å². The SMILES string of the molecule is CC(=O)N[C@@H](CCC(=O)O)C(=O)NCCc1c[nH]c2ccccc12. The fourth-order valence-electron chi connectivity index (χ4n) is 2.56. The number of carbonyl (C=O) groups is 3. The highest BCUT2D eigenvalue weighted by Gasteiger charge is 2.20. The fourth-order valence-corrected chi connectivity index (χ4v) is 2.56. The molecule has 0 saturated carbocycles. The van der Waals surface area contributed by atoms with Crippen LogP contribution < -0.4 is 10.6 Å². The molecular formula is C17H21N3O4. The van der Waals surface area contributed by atoms with Gasteiger partial charge in [0.2, 0.25) is 11.8 Å². The quantitative estimate of drug-likeness (QED) is 0.582. The minimum absolute atomic E-state index is 0.0633. The van der Waals surface area contributed by atoms with Crippen LogP contribution in [0.1, 0.15) is 25.3 Å². The van der Waals surface area contributed by atoms with Gasteiger partial charge in [0.25, 0.3) is 0 Å². The van der Waals surface area contributed by atoms with Crippen LogP contribution in [0.25, 0.3) is 10.9 Å². The maximum absolute atomic E-state index is 12.2. The Kier molecular flexibility index (Phi) is 5.95. The Morgan fingerprint density at radius 2 is 2.00 bits per heavy atom. The summed E-state index contributed by atoms with van der Waals surface area (Å²) in [5.74, 6) is -1.74. The van der Waals surface area contributed by atoms with Crippen LogP contribution >= 0.6 is 0 Å². The molecule has 0 spiro atoms. The lowest BCUT2D eigenvalue weighted by molar-refractivity contribution is -0.137. The standard InChI is InChI=1S/C17H21N3O4/c1-11(21)20-15(6-7-16(22)23)17(24)18-9-8-12-10-19-14-5-3-2-4-13(12)14/h2-5,10,15,19H,6-9H2,1H3,(H,18,24)(H,20,21)(H,22,23)/t15-/m0/s1. The number of carboxylic acids is 1. The van der Waals surface area contributed by atoms with Crippen LogP contribution in [0.15, 0.2) is 30.5 Å². The van der Waals surface area contributed by atoms with Crippen molar-refractivity contribution in [2.24, 2.45) is 0 Å². The minimum Gasteiger partial charge on any atom is -0.481 e. The van der Waals surface area contributed by atoms with E-state index in [1.807, 2.05) is 30.5 Å². The summed E-state index contributed by atoms with van der Waals surface area (Å²) in [4.78, 5) is 37.2. The molecule has 0 aliphatic carbocycles. The van der Waals surface area contributed by atoms with E-state index in [-0.39, 0.29) is 24.7 Å². The molecular weight excluding hydrogens is 310 g/mol. The summed E-state index contributed by atoms with van der Waals surface area (Å²) in [5, 5.41) is 15.1. The van der Waals surface area contributed by atoms with E-state index in [1.165, 1.54) is 6.92 Å². The molecule has 1 heterocycles. The van der Waals surface area contributed by atoms with Crippen LogP contribution in [0.3, 0.4) is 0 Å². The summed E-state index contributed by atoms with van der Waals surface area (Å²) in [5.41, 5.74) is 2.13. The van der Waals surface area contributed by atoms with E-state index in [0.29, 0.717) is 13.0 Å². The lowest BCUT2D eigenvalue weighted by Gasteiger charge is -2.16. The molecule has 0 aliphatic heterocycles. The summed E-state index contributed by atoms with van der Waals surface area (Å²) >= 11 is 0. The molecule has 0 fully saturated rings. The highest BCUT2D eigenvalue weighted by atomic mass is 16.4. The Bertz CT molecular complexity index is 738. The van der Waals surface area contributed by atoms with Gasteiger partial charge >= 0.3 is 5.97 Å². The third kappa shape index (κ3) is 4.84. The van der Waals surface area contributed by atoms with Gasteiger partial charge in [0.05, 0.1) is 0 Å². The van der Waals surface area contributed by atoms with Gasteiger partial charge in [-0.3, -0.25) is 14.4 Å². The van der Waals surface area contributed by atoms with Crippen molar-refractivity contribution in [2.75, 3.05) is 6.54 Å². The summed E-state index contributed by atoms with van der Waals surface area (Å²) < 4.78 is 0. The van der Waals surface area contributed by atoms with E-state index < -0.39 is 12.0 Å². The maximum atomic E-state index is 12.2. The molecule has 2 rings (SSSR count). The number of carboxylic acid groups (broad SMARTS) is 1. The second-order valence-corrected chi connectivity index (χ2v) is 5.59. The van der Waals surface area contributed by atoms with E-state index in [4.69, 9.17) is 5.11 Å². The second-order valence-electron chi connectivity index (χ2n) is 5.59. The van der Waals surface area contributed by atoms with Crippen LogP contribution in [0.4, 0.5) is 0 Å². The van der Waals surface area contributed by atoms with Crippen LogP contribution in [-0.2, 0) is 20.8 Å². The third-order valence-electron chi connectivity index (χ3n) is 3.71. The molecule has 0 radical (unpaired) electrons. The first kappa shape index (κ1) is 17.5. The average Bonchev–Trinajstić information content (AvgIpc) is 2.94. The monoisotopic (exact) mass is 331 g/mol. The number of amides is 2.